The molecule has 3 aliphatic rings. The van der Waals surface area contributed by atoms with Gasteiger partial charge in [0, 0.05) is 39.8 Å². The van der Waals surface area contributed by atoms with Crippen LogP contribution in [-0.2, 0) is 4.79 Å². The summed E-state index contributed by atoms with van der Waals surface area (Å²) in [5.74, 6) is 2.55. The molecule has 7 nitrogen and oxygen atoms in total. The number of para-hydroxylation sites is 2. The summed E-state index contributed by atoms with van der Waals surface area (Å²) in [4.78, 5) is 23.6. The number of carbonyl (C=O) groups excluding carboxylic acids is 1. The maximum absolute atomic E-state index is 12.3. The molecule has 29 heavy (non-hydrogen) atoms. The molecule has 3 heterocycles. The van der Waals surface area contributed by atoms with Gasteiger partial charge >= 0.3 is 0 Å². The van der Waals surface area contributed by atoms with Gasteiger partial charge in [0.05, 0.1) is 5.69 Å². The molecule has 1 aromatic carbocycles. The zero-order chi connectivity index (χ0) is 20.1. The summed E-state index contributed by atoms with van der Waals surface area (Å²) < 4.78 is 5.52. The Hall–Kier alpha value is -2.28. The lowest BCUT2D eigenvalue weighted by Crippen LogP contribution is -2.43. The predicted octanol–water partition coefficient (Wildman–Crippen LogP) is 1.80. The van der Waals surface area contributed by atoms with E-state index in [1.165, 1.54) is 38.9 Å². The Bertz CT molecular complexity index is 732. The van der Waals surface area contributed by atoms with Crippen LogP contribution in [0.1, 0.15) is 25.7 Å². The molecule has 1 aromatic rings. The monoisotopic (exact) mass is 399 g/mol. The van der Waals surface area contributed by atoms with Crippen molar-refractivity contribution in [3.63, 3.8) is 0 Å². The first-order valence-corrected chi connectivity index (χ1v) is 10.9. The van der Waals surface area contributed by atoms with Crippen LogP contribution in [0.2, 0.25) is 0 Å². The van der Waals surface area contributed by atoms with Gasteiger partial charge in [0.2, 0.25) is 0 Å². The Kier molecular flexibility index (Phi) is 6.54. The zero-order valence-electron chi connectivity index (χ0n) is 17.5. The Morgan fingerprint density at radius 1 is 1.24 bits per heavy atom. The van der Waals surface area contributed by atoms with Crippen molar-refractivity contribution in [3.05, 3.63) is 24.3 Å². The van der Waals surface area contributed by atoms with Crippen molar-refractivity contribution in [2.45, 2.75) is 25.7 Å². The van der Waals surface area contributed by atoms with Crippen LogP contribution in [0.15, 0.2) is 29.3 Å². The molecule has 3 aliphatic heterocycles. The average molecular weight is 400 g/mol. The van der Waals surface area contributed by atoms with Gasteiger partial charge in [-0.1, -0.05) is 12.1 Å². The molecule has 7 heteroatoms. The normalized spacial score (nSPS) is 22.7. The van der Waals surface area contributed by atoms with Crippen molar-refractivity contribution < 1.29 is 9.53 Å². The highest BCUT2D eigenvalue weighted by Gasteiger charge is 2.28. The van der Waals surface area contributed by atoms with Crippen molar-refractivity contribution in [2.75, 3.05) is 64.4 Å². The molecule has 0 radical (unpaired) electrons. The van der Waals surface area contributed by atoms with Crippen molar-refractivity contribution in [1.82, 2.24) is 15.1 Å². The molecule has 1 N–H and O–H groups in total. The first-order chi connectivity index (χ1) is 14.2. The van der Waals surface area contributed by atoms with E-state index in [9.17, 15) is 4.79 Å². The van der Waals surface area contributed by atoms with E-state index in [0.29, 0.717) is 6.54 Å². The van der Waals surface area contributed by atoms with Gasteiger partial charge in [-0.2, -0.15) is 0 Å². The Morgan fingerprint density at radius 2 is 2.07 bits per heavy atom. The van der Waals surface area contributed by atoms with Gasteiger partial charge in [-0.3, -0.25) is 9.79 Å². The molecule has 0 aromatic heterocycles. The second-order valence-electron chi connectivity index (χ2n) is 8.24. The molecular weight excluding hydrogens is 366 g/mol. The van der Waals surface area contributed by atoms with Crippen molar-refractivity contribution in [2.24, 2.45) is 10.9 Å². The molecule has 0 saturated carbocycles. The van der Waals surface area contributed by atoms with E-state index >= 15 is 0 Å². The summed E-state index contributed by atoms with van der Waals surface area (Å²) in [7, 11) is 1.86. The Labute approximate surface area is 173 Å². The minimum Gasteiger partial charge on any atom is -0.482 e. The number of fused-ring (bicyclic) bond motifs is 1. The lowest BCUT2D eigenvalue weighted by atomic mass is 10.1. The maximum atomic E-state index is 12.3. The fourth-order valence-electron chi connectivity index (χ4n) is 4.67. The molecule has 1 atom stereocenters. The molecular formula is C22H33N5O2. The van der Waals surface area contributed by atoms with E-state index in [0.717, 1.165) is 49.4 Å². The molecule has 158 valence electrons. The third kappa shape index (κ3) is 4.83. The van der Waals surface area contributed by atoms with Crippen LogP contribution in [0.5, 0.6) is 5.75 Å². The molecule has 1 unspecified atom stereocenters. The second-order valence-corrected chi connectivity index (χ2v) is 8.24. The fraction of sp³-hybridized carbons (Fsp3) is 0.636. The number of nitrogens with one attached hydrogen (secondary N) is 1. The van der Waals surface area contributed by atoms with Crippen LogP contribution >= 0.6 is 0 Å². The fourth-order valence-corrected chi connectivity index (χ4v) is 4.67. The molecule has 2 saturated heterocycles. The Morgan fingerprint density at radius 3 is 2.90 bits per heavy atom. The number of likely N-dealkylation sites (tertiary alicyclic amines) is 2. The highest BCUT2D eigenvalue weighted by molar-refractivity contribution is 5.97. The number of hydrogen-bond donors (Lipinski definition) is 1. The second kappa shape index (κ2) is 9.48. The summed E-state index contributed by atoms with van der Waals surface area (Å²) in [6.45, 7) is 7.54. The topological polar surface area (TPSA) is 60.4 Å². The van der Waals surface area contributed by atoms with Crippen LogP contribution in [-0.4, -0.2) is 81.1 Å². The van der Waals surface area contributed by atoms with Gasteiger partial charge in [-0.05, 0) is 56.8 Å². The van der Waals surface area contributed by atoms with Gasteiger partial charge in [0.25, 0.3) is 5.91 Å². The third-order valence-electron chi connectivity index (χ3n) is 6.16. The van der Waals surface area contributed by atoms with Gasteiger partial charge in [0.1, 0.15) is 5.75 Å². The van der Waals surface area contributed by atoms with Crippen LogP contribution in [0, 0.1) is 5.92 Å². The molecule has 0 aliphatic carbocycles. The first-order valence-electron chi connectivity index (χ1n) is 10.9. The minimum absolute atomic E-state index is 0.0254. The van der Waals surface area contributed by atoms with E-state index in [1.54, 1.807) is 0 Å². The minimum atomic E-state index is 0.0254. The molecule has 0 spiro atoms. The molecule has 4 rings (SSSR count). The average Bonchev–Trinajstić information content (AvgIpc) is 3.42. The van der Waals surface area contributed by atoms with E-state index in [-0.39, 0.29) is 12.5 Å². The van der Waals surface area contributed by atoms with Crippen LogP contribution in [0.3, 0.4) is 0 Å². The number of amides is 1. The van der Waals surface area contributed by atoms with Crippen LogP contribution < -0.4 is 15.0 Å². The summed E-state index contributed by atoms with van der Waals surface area (Å²) in [5.41, 5.74) is 0.873. The van der Waals surface area contributed by atoms with Crippen molar-refractivity contribution in [3.8, 4) is 5.75 Å². The highest BCUT2D eigenvalue weighted by atomic mass is 16.5. The van der Waals surface area contributed by atoms with E-state index < -0.39 is 0 Å². The summed E-state index contributed by atoms with van der Waals surface area (Å²) in [5, 5.41) is 3.50. The van der Waals surface area contributed by atoms with Gasteiger partial charge in [-0.25, -0.2) is 0 Å². The summed E-state index contributed by atoms with van der Waals surface area (Å²) in [6, 6.07) is 7.75. The lowest BCUT2D eigenvalue weighted by molar-refractivity contribution is -0.121. The number of benzene rings is 1. The van der Waals surface area contributed by atoms with Crippen LogP contribution in [0.25, 0.3) is 0 Å². The highest BCUT2D eigenvalue weighted by Crippen LogP contribution is 2.31. The number of rotatable bonds is 6. The number of aliphatic imine (C=N–C) groups is 1. The van der Waals surface area contributed by atoms with E-state index in [1.807, 2.05) is 36.2 Å². The quantitative estimate of drug-likeness (QED) is 0.449. The van der Waals surface area contributed by atoms with Crippen LogP contribution in [0.4, 0.5) is 5.69 Å². The van der Waals surface area contributed by atoms with Gasteiger partial charge in [-0.15, -0.1) is 0 Å². The number of anilines is 1. The molecule has 1 amide bonds. The van der Waals surface area contributed by atoms with E-state index in [2.05, 4.69) is 20.1 Å². The number of nitrogens with zero attached hydrogens (tertiary/aromatic N) is 4. The predicted molar refractivity (Wildman–Crippen MR) is 116 cm³/mol. The lowest BCUT2D eigenvalue weighted by Gasteiger charge is -2.29. The standard InChI is InChI=1S/C22H33N5O2/c1-23-22(26-14-9-18(16-26)15-25-11-4-5-12-25)24-10-6-13-27-19-7-2-3-8-20(19)29-17-21(27)28/h2-3,7-8,18H,4-6,9-17H2,1H3,(H,23,24). The summed E-state index contributed by atoms with van der Waals surface area (Å²) >= 11 is 0. The third-order valence-corrected chi connectivity index (χ3v) is 6.16. The van der Waals surface area contributed by atoms with E-state index in [4.69, 9.17) is 4.74 Å². The van der Waals surface area contributed by atoms with Crippen molar-refractivity contribution >= 4 is 17.6 Å². The van der Waals surface area contributed by atoms with Gasteiger partial charge in [0.15, 0.2) is 12.6 Å². The Balaban J connectivity index is 1.22. The smallest absolute Gasteiger partial charge is 0.265 e. The zero-order valence-corrected chi connectivity index (χ0v) is 17.5. The largest absolute Gasteiger partial charge is 0.482 e. The number of carbonyl (C=O) groups is 1. The molecule has 0 bridgehead atoms. The molecule has 2 fully saturated rings. The van der Waals surface area contributed by atoms with Crippen molar-refractivity contribution in [1.29, 1.82) is 0 Å². The van der Waals surface area contributed by atoms with Gasteiger partial charge < -0.3 is 24.8 Å². The maximum Gasteiger partial charge on any atom is 0.265 e. The SMILES string of the molecule is CN=C(NCCCN1C(=O)COc2ccccc21)N1CCC(CN2CCCC2)C1. The number of hydrogen-bond acceptors (Lipinski definition) is 4. The summed E-state index contributed by atoms with van der Waals surface area (Å²) in [6.07, 6.45) is 4.83. The number of guanidine groups is 1. The number of ether oxygens (including phenoxy) is 1. The first kappa shape index (κ1) is 20.0.